The van der Waals surface area contributed by atoms with E-state index in [-0.39, 0.29) is 5.84 Å². The molecule has 0 saturated carbocycles. The van der Waals surface area contributed by atoms with E-state index in [1.165, 1.54) is 0 Å². The van der Waals surface area contributed by atoms with Gasteiger partial charge < -0.3 is 15.5 Å². The van der Waals surface area contributed by atoms with E-state index in [9.17, 15) is 0 Å². The van der Waals surface area contributed by atoms with Crippen LogP contribution in [0.1, 0.15) is 11.1 Å². The Morgan fingerprint density at radius 1 is 1.44 bits per heavy atom. The number of nitrogens with zero attached hydrogens (tertiary/aromatic N) is 4. The maximum Gasteiger partial charge on any atom is 0.191 e. The van der Waals surface area contributed by atoms with Crippen LogP contribution in [-0.4, -0.2) is 25.8 Å². The van der Waals surface area contributed by atoms with Gasteiger partial charge >= 0.3 is 0 Å². The lowest BCUT2D eigenvalue weighted by atomic mass is 10.1. The molecule has 0 amide bonds. The van der Waals surface area contributed by atoms with Crippen molar-refractivity contribution in [3.63, 3.8) is 0 Å². The summed E-state index contributed by atoms with van der Waals surface area (Å²) in [6.07, 6.45) is 1.67. The number of oxime groups is 1. The van der Waals surface area contributed by atoms with Crippen LogP contribution < -0.4 is 5.73 Å². The molecule has 0 spiro atoms. The van der Waals surface area contributed by atoms with Crippen LogP contribution in [0.5, 0.6) is 0 Å². The highest BCUT2D eigenvalue weighted by Crippen LogP contribution is 2.19. The molecular weight excluding hydrogens is 250 g/mol. The van der Waals surface area contributed by atoms with Gasteiger partial charge in [-0.1, -0.05) is 41.2 Å². The molecule has 0 atom stereocenters. The molecule has 0 saturated heterocycles. The highest BCUT2D eigenvalue weighted by molar-refractivity contribution is 7.98. The summed E-state index contributed by atoms with van der Waals surface area (Å²) in [6.45, 7) is 0. The lowest BCUT2D eigenvalue weighted by molar-refractivity contribution is 0.318. The van der Waals surface area contributed by atoms with Crippen molar-refractivity contribution in [3.8, 4) is 0 Å². The van der Waals surface area contributed by atoms with E-state index in [1.54, 1.807) is 18.1 Å². The van der Waals surface area contributed by atoms with Gasteiger partial charge in [0, 0.05) is 18.4 Å². The van der Waals surface area contributed by atoms with Crippen LogP contribution in [0.15, 0.2) is 40.9 Å². The van der Waals surface area contributed by atoms with Crippen molar-refractivity contribution in [3.05, 3.63) is 41.7 Å². The van der Waals surface area contributed by atoms with E-state index < -0.39 is 0 Å². The summed E-state index contributed by atoms with van der Waals surface area (Å²) in [4.78, 5) is 0. The lowest BCUT2D eigenvalue weighted by Crippen LogP contribution is -2.12. The summed E-state index contributed by atoms with van der Waals surface area (Å²) in [5.74, 6) is 0.908. The Balaban J connectivity index is 2.01. The summed E-state index contributed by atoms with van der Waals surface area (Å²) in [5, 5.41) is 20.2. The minimum atomic E-state index is 0.113. The first-order valence-electron chi connectivity index (χ1n) is 5.24. The third kappa shape index (κ3) is 2.80. The normalized spacial score (nSPS) is 11.7. The van der Waals surface area contributed by atoms with Crippen LogP contribution >= 0.6 is 11.8 Å². The van der Waals surface area contributed by atoms with Crippen LogP contribution in [0.3, 0.4) is 0 Å². The number of rotatable bonds is 4. The van der Waals surface area contributed by atoms with Gasteiger partial charge in [-0.05, 0) is 5.56 Å². The Morgan fingerprint density at radius 2 is 2.17 bits per heavy atom. The van der Waals surface area contributed by atoms with Crippen molar-refractivity contribution in [1.29, 1.82) is 0 Å². The molecule has 1 heterocycles. The first kappa shape index (κ1) is 12.4. The SMILES string of the molecule is Cn1cnnc1SCc1ccc(/C(N)=N/O)cc1. The number of amidine groups is 1. The molecular formula is C11H13N5OS. The van der Waals surface area contributed by atoms with E-state index in [0.29, 0.717) is 5.56 Å². The van der Waals surface area contributed by atoms with Crippen molar-refractivity contribution in [2.75, 3.05) is 0 Å². The Morgan fingerprint density at radius 3 is 2.72 bits per heavy atom. The summed E-state index contributed by atoms with van der Waals surface area (Å²) in [7, 11) is 1.91. The number of nitrogens with two attached hydrogens (primary N) is 1. The Hall–Kier alpha value is -2.02. The smallest absolute Gasteiger partial charge is 0.191 e. The zero-order chi connectivity index (χ0) is 13.0. The molecule has 1 aromatic carbocycles. The van der Waals surface area contributed by atoms with Crippen molar-refractivity contribution in [2.24, 2.45) is 17.9 Å². The minimum Gasteiger partial charge on any atom is -0.409 e. The fourth-order valence-corrected chi connectivity index (χ4v) is 2.22. The molecule has 1 aromatic heterocycles. The standard InChI is InChI=1S/C11H13N5OS/c1-16-7-13-14-11(16)18-6-8-2-4-9(5-3-8)10(12)15-17/h2-5,7,17H,6H2,1H3,(H2,12,15). The maximum absolute atomic E-state index is 8.56. The molecule has 7 heteroatoms. The van der Waals surface area contributed by atoms with Gasteiger partial charge in [0.2, 0.25) is 0 Å². The molecule has 2 rings (SSSR count). The third-order valence-corrected chi connectivity index (χ3v) is 3.50. The Bertz CT molecular complexity index is 549. The molecule has 0 aliphatic rings. The third-order valence-electron chi connectivity index (χ3n) is 2.40. The number of aryl methyl sites for hydroxylation is 1. The predicted octanol–water partition coefficient (Wildman–Crippen LogP) is 1.20. The highest BCUT2D eigenvalue weighted by atomic mass is 32.2. The van der Waals surface area contributed by atoms with E-state index in [4.69, 9.17) is 10.9 Å². The molecule has 0 unspecified atom stereocenters. The van der Waals surface area contributed by atoms with Gasteiger partial charge in [0.25, 0.3) is 0 Å². The van der Waals surface area contributed by atoms with E-state index >= 15 is 0 Å². The van der Waals surface area contributed by atoms with Crippen LogP contribution in [0.25, 0.3) is 0 Å². The monoisotopic (exact) mass is 263 g/mol. The number of hydrogen-bond acceptors (Lipinski definition) is 5. The Labute approximate surface area is 109 Å². The van der Waals surface area contributed by atoms with Crippen LogP contribution in [0, 0.1) is 0 Å². The number of thioether (sulfide) groups is 1. The van der Waals surface area contributed by atoms with Gasteiger partial charge in [0.05, 0.1) is 0 Å². The lowest BCUT2D eigenvalue weighted by Gasteiger charge is -2.03. The van der Waals surface area contributed by atoms with Crippen molar-refractivity contribution >= 4 is 17.6 Å². The average Bonchev–Trinajstić information content (AvgIpc) is 2.81. The summed E-state index contributed by atoms with van der Waals surface area (Å²) < 4.78 is 1.87. The zero-order valence-corrected chi connectivity index (χ0v) is 10.6. The second kappa shape index (κ2) is 5.54. The zero-order valence-electron chi connectivity index (χ0n) is 9.82. The van der Waals surface area contributed by atoms with E-state index in [2.05, 4.69) is 15.4 Å². The second-order valence-corrected chi connectivity index (χ2v) is 4.64. The van der Waals surface area contributed by atoms with Gasteiger partial charge in [-0.3, -0.25) is 0 Å². The molecule has 6 nitrogen and oxygen atoms in total. The fraction of sp³-hybridized carbons (Fsp3) is 0.182. The molecule has 0 bridgehead atoms. The summed E-state index contributed by atoms with van der Waals surface area (Å²) in [5.41, 5.74) is 7.32. The second-order valence-electron chi connectivity index (χ2n) is 3.70. The predicted molar refractivity (Wildman–Crippen MR) is 69.5 cm³/mol. The molecule has 3 N–H and O–H groups in total. The van der Waals surface area contributed by atoms with Crippen molar-refractivity contribution < 1.29 is 5.21 Å². The van der Waals surface area contributed by atoms with Crippen LogP contribution in [0.2, 0.25) is 0 Å². The van der Waals surface area contributed by atoms with Gasteiger partial charge in [-0.15, -0.1) is 10.2 Å². The average molecular weight is 263 g/mol. The van der Waals surface area contributed by atoms with Crippen molar-refractivity contribution in [1.82, 2.24) is 14.8 Å². The molecule has 0 aliphatic heterocycles. The molecule has 0 radical (unpaired) electrons. The fourth-order valence-electron chi connectivity index (χ4n) is 1.38. The van der Waals surface area contributed by atoms with Crippen LogP contribution in [0.4, 0.5) is 0 Å². The van der Waals surface area contributed by atoms with E-state index in [1.807, 2.05) is 35.9 Å². The first-order valence-corrected chi connectivity index (χ1v) is 6.23. The molecule has 18 heavy (non-hydrogen) atoms. The number of aromatic nitrogens is 3. The molecule has 0 aliphatic carbocycles. The number of benzene rings is 1. The summed E-state index contributed by atoms with van der Waals surface area (Å²) in [6, 6.07) is 7.52. The molecule has 0 fully saturated rings. The largest absolute Gasteiger partial charge is 0.409 e. The highest BCUT2D eigenvalue weighted by Gasteiger charge is 2.03. The minimum absolute atomic E-state index is 0.113. The first-order chi connectivity index (χ1) is 8.70. The maximum atomic E-state index is 8.56. The van der Waals surface area contributed by atoms with E-state index in [0.717, 1.165) is 16.5 Å². The Kier molecular flexibility index (Phi) is 3.83. The number of hydrogen-bond donors (Lipinski definition) is 2. The quantitative estimate of drug-likeness (QED) is 0.284. The summed E-state index contributed by atoms with van der Waals surface area (Å²) >= 11 is 1.61. The topological polar surface area (TPSA) is 89.3 Å². The van der Waals surface area contributed by atoms with Gasteiger partial charge in [-0.2, -0.15) is 0 Å². The van der Waals surface area contributed by atoms with Gasteiger partial charge in [0.15, 0.2) is 11.0 Å². The molecule has 94 valence electrons. The van der Waals surface area contributed by atoms with Crippen LogP contribution in [-0.2, 0) is 12.8 Å². The van der Waals surface area contributed by atoms with Gasteiger partial charge in [0.1, 0.15) is 6.33 Å². The van der Waals surface area contributed by atoms with Gasteiger partial charge in [-0.25, -0.2) is 0 Å². The van der Waals surface area contributed by atoms with Crippen molar-refractivity contribution in [2.45, 2.75) is 10.9 Å². The molecule has 2 aromatic rings.